The fourth-order valence-electron chi connectivity index (χ4n) is 4.30. The molecule has 7 heteroatoms. The van der Waals surface area contributed by atoms with Gasteiger partial charge in [-0.25, -0.2) is 13.4 Å². The zero-order valence-corrected chi connectivity index (χ0v) is 17.9. The van der Waals surface area contributed by atoms with Crippen molar-refractivity contribution in [1.29, 1.82) is 0 Å². The number of nitrogens with zero attached hydrogens (tertiary/aromatic N) is 4. The average Bonchev–Trinajstić information content (AvgIpc) is 3.31. The molecule has 2 saturated heterocycles. The molecule has 3 heterocycles. The van der Waals surface area contributed by atoms with Crippen LogP contribution in [0.25, 0.3) is 0 Å². The van der Waals surface area contributed by atoms with Crippen molar-refractivity contribution in [3.63, 3.8) is 0 Å². The second-order valence-corrected chi connectivity index (χ2v) is 9.87. The monoisotopic (exact) mass is 414 g/mol. The topological polar surface area (TPSA) is 56.8 Å². The largest absolute Gasteiger partial charge is 0.354 e. The Balaban J connectivity index is 1.43. The Morgan fingerprint density at radius 1 is 1.00 bits per heavy atom. The fourth-order valence-corrected chi connectivity index (χ4v) is 5.77. The molecule has 1 unspecified atom stereocenters. The first-order chi connectivity index (χ1) is 14.1. The maximum Gasteiger partial charge on any atom is 0.244 e. The number of aromatic nitrogens is 1. The summed E-state index contributed by atoms with van der Waals surface area (Å²) >= 11 is 0. The molecule has 0 aliphatic carbocycles. The summed E-state index contributed by atoms with van der Waals surface area (Å²) in [7, 11) is -3.40. The quantitative estimate of drug-likeness (QED) is 0.727. The minimum Gasteiger partial charge on any atom is -0.354 e. The maximum atomic E-state index is 12.7. The standard InChI is InChI=1S/C22H30N4O2S/c1-2-20-18-25(15-14-24(20)17-19-8-4-3-5-9-19)22-11-10-21(16-23-22)29(27,28)26-12-6-7-13-26/h3-5,8-11,16,20H,2,6-7,12-15,17-18H2,1H3. The van der Waals surface area contributed by atoms with Crippen LogP contribution < -0.4 is 4.90 Å². The van der Waals surface area contributed by atoms with Crippen molar-refractivity contribution in [3.05, 3.63) is 54.2 Å². The summed E-state index contributed by atoms with van der Waals surface area (Å²) in [5.74, 6) is 0.864. The first kappa shape index (κ1) is 20.3. The van der Waals surface area contributed by atoms with Crippen molar-refractivity contribution in [2.24, 2.45) is 0 Å². The summed E-state index contributed by atoms with van der Waals surface area (Å²) in [5, 5.41) is 0. The highest BCUT2D eigenvalue weighted by molar-refractivity contribution is 7.89. The minimum absolute atomic E-state index is 0.304. The van der Waals surface area contributed by atoms with E-state index in [0.29, 0.717) is 24.0 Å². The normalized spacial score (nSPS) is 21.6. The van der Waals surface area contributed by atoms with Crippen LogP contribution >= 0.6 is 0 Å². The molecular weight excluding hydrogens is 384 g/mol. The molecule has 1 aromatic heterocycles. The van der Waals surface area contributed by atoms with Crippen molar-refractivity contribution in [2.45, 2.75) is 43.7 Å². The van der Waals surface area contributed by atoms with Gasteiger partial charge in [0.1, 0.15) is 10.7 Å². The molecule has 2 fully saturated rings. The second kappa shape index (κ2) is 8.81. The van der Waals surface area contributed by atoms with Crippen molar-refractivity contribution >= 4 is 15.8 Å². The smallest absolute Gasteiger partial charge is 0.244 e. The zero-order valence-electron chi connectivity index (χ0n) is 17.1. The van der Waals surface area contributed by atoms with Crippen LogP contribution in [0.3, 0.4) is 0 Å². The number of pyridine rings is 1. The highest BCUT2D eigenvalue weighted by atomic mass is 32.2. The molecule has 29 heavy (non-hydrogen) atoms. The molecule has 4 rings (SSSR count). The molecule has 6 nitrogen and oxygen atoms in total. The van der Waals surface area contributed by atoms with Crippen LogP contribution in [0.1, 0.15) is 31.7 Å². The summed E-state index contributed by atoms with van der Waals surface area (Å²) in [6.07, 6.45) is 4.48. The van der Waals surface area contributed by atoms with E-state index in [9.17, 15) is 8.42 Å². The lowest BCUT2D eigenvalue weighted by molar-refractivity contribution is 0.163. The van der Waals surface area contributed by atoms with Gasteiger partial charge in [0.25, 0.3) is 0 Å². The Bertz CT molecular complexity index is 896. The molecule has 0 bridgehead atoms. The van der Waals surface area contributed by atoms with Gasteiger partial charge in [-0.1, -0.05) is 37.3 Å². The van der Waals surface area contributed by atoms with E-state index >= 15 is 0 Å². The van der Waals surface area contributed by atoms with Gasteiger partial charge in [-0.15, -0.1) is 0 Å². The lowest BCUT2D eigenvalue weighted by Gasteiger charge is -2.41. The lowest BCUT2D eigenvalue weighted by atomic mass is 10.1. The van der Waals surface area contributed by atoms with E-state index in [2.05, 4.69) is 52.0 Å². The summed E-state index contributed by atoms with van der Waals surface area (Å²) in [6.45, 7) is 7.21. The van der Waals surface area contributed by atoms with E-state index in [4.69, 9.17) is 0 Å². The maximum absolute atomic E-state index is 12.7. The van der Waals surface area contributed by atoms with Gasteiger partial charge in [-0.05, 0) is 37.0 Å². The van der Waals surface area contributed by atoms with Gasteiger partial charge in [0.05, 0.1) is 0 Å². The van der Waals surface area contributed by atoms with Gasteiger partial charge in [-0.3, -0.25) is 4.90 Å². The molecule has 2 aliphatic heterocycles. The Morgan fingerprint density at radius 2 is 1.76 bits per heavy atom. The molecular formula is C22H30N4O2S. The van der Waals surface area contributed by atoms with E-state index in [-0.39, 0.29) is 0 Å². The third-order valence-corrected chi connectivity index (χ3v) is 7.93. The number of piperazine rings is 1. The number of benzene rings is 1. The van der Waals surface area contributed by atoms with Crippen molar-refractivity contribution < 1.29 is 8.42 Å². The van der Waals surface area contributed by atoms with Crippen molar-refractivity contribution in [3.8, 4) is 0 Å². The van der Waals surface area contributed by atoms with Crippen LogP contribution in [0.2, 0.25) is 0 Å². The van der Waals surface area contributed by atoms with Gasteiger partial charge in [0.2, 0.25) is 10.0 Å². The van der Waals surface area contributed by atoms with Crippen molar-refractivity contribution in [1.82, 2.24) is 14.2 Å². The van der Waals surface area contributed by atoms with E-state index in [1.54, 1.807) is 10.4 Å². The minimum atomic E-state index is -3.40. The lowest BCUT2D eigenvalue weighted by Crippen LogP contribution is -2.52. The molecule has 0 spiro atoms. The summed E-state index contributed by atoms with van der Waals surface area (Å²) in [4.78, 5) is 9.64. The van der Waals surface area contributed by atoms with Crippen LogP contribution in [0.15, 0.2) is 53.6 Å². The zero-order chi connectivity index (χ0) is 20.3. The molecule has 2 aliphatic rings. The van der Waals surface area contributed by atoms with E-state index in [1.807, 2.05) is 6.07 Å². The van der Waals surface area contributed by atoms with Crippen LogP contribution in [-0.4, -0.2) is 61.4 Å². The first-order valence-corrected chi connectivity index (χ1v) is 12.0. The fraction of sp³-hybridized carbons (Fsp3) is 0.500. The molecule has 0 radical (unpaired) electrons. The third-order valence-electron chi connectivity index (χ3n) is 6.05. The number of hydrogen-bond acceptors (Lipinski definition) is 5. The summed E-state index contributed by atoms with van der Waals surface area (Å²) < 4.78 is 27.0. The Morgan fingerprint density at radius 3 is 2.41 bits per heavy atom. The van der Waals surface area contributed by atoms with Gasteiger partial charge < -0.3 is 4.90 Å². The summed E-state index contributed by atoms with van der Waals surface area (Å²) in [6, 6.07) is 14.6. The Hall–Kier alpha value is -1.96. The highest BCUT2D eigenvalue weighted by Gasteiger charge is 2.29. The Kier molecular flexibility index (Phi) is 6.18. The molecule has 156 valence electrons. The number of rotatable bonds is 6. The Labute approximate surface area is 174 Å². The van der Waals surface area contributed by atoms with E-state index < -0.39 is 10.0 Å². The van der Waals surface area contributed by atoms with E-state index in [0.717, 1.165) is 51.3 Å². The SMILES string of the molecule is CCC1CN(c2ccc(S(=O)(=O)N3CCCC3)cn2)CCN1Cc1ccccc1. The number of hydrogen-bond donors (Lipinski definition) is 0. The predicted molar refractivity (Wildman–Crippen MR) is 115 cm³/mol. The molecule has 0 N–H and O–H groups in total. The van der Waals surface area contributed by atoms with Crippen LogP contribution in [0.5, 0.6) is 0 Å². The molecule has 1 atom stereocenters. The summed E-state index contributed by atoms with van der Waals surface area (Å²) in [5.41, 5.74) is 1.34. The van der Waals surface area contributed by atoms with Crippen LogP contribution in [-0.2, 0) is 16.6 Å². The number of sulfonamides is 1. The van der Waals surface area contributed by atoms with Gasteiger partial charge in [-0.2, -0.15) is 4.31 Å². The van der Waals surface area contributed by atoms with Gasteiger partial charge in [0, 0.05) is 51.5 Å². The van der Waals surface area contributed by atoms with Gasteiger partial charge in [0.15, 0.2) is 0 Å². The molecule has 0 amide bonds. The molecule has 1 aromatic carbocycles. The first-order valence-electron chi connectivity index (χ1n) is 10.6. The third kappa shape index (κ3) is 4.47. The van der Waals surface area contributed by atoms with Crippen LogP contribution in [0.4, 0.5) is 5.82 Å². The molecule has 0 saturated carbocycles. The van der Waals surface area contributed by atoms with Crippen molar-refractivity contribution in [2.75, 3.05) is 37.6 Å². The van der Waals surface area contributed by atoms with Gasteiger partial charge >= 0.3 is 0 Å². The molecule has 2 aromatic rings. The second-order valence-electron chi connectivity index (χ2n) is 7.93. The predicted octanol–water partition coefficient (Wildman–Crippen LogP) is 2.97. The van der Waals surface area contributed by atoms with E-state index in [1.165, 1.54) is 11.8 Å². The van der Waals surface area contributed by atoms with Crippen LogP contribution in [0, 0.1) is 0 Å². The number of anilines is 1. The average molecular weight is 415 g/mol. The highest BCUT2D eigenvalue weighted by Crippen LogP contribution is 2.24.